The number of likely N-dealkylation sites (tertiary alicyclic amines) is 1. The normalized spacial score (nSPS) is 24.7. The molecule has 2 fully saturated rings. The molecule has 2 aliphatic rings. The van der Waals surface area contributed by atoms with E-state index in [9.17, 15) is 4.39 Å². The summed E-state index contributed by atoms with van der Waals surface area (Å²) in [4.78, 5) is 2.58. The molecule has 1 saturated heterocycles. The minimum absolute atomic E-state index is 0.333. The number of hydrogen-bond acceptors (Lipinski definition) is 4. The van der Waals surface area contributed by atoms with Gasteiger partial charge in [-0.05, 0) is 60.5 Å². The summed E-state index contributed by atoms with van der Waals surface area (Å²) in [6.07, 6.45) is 1.24. The van der Waals surface area contributed by atoms with Gasteiger partial charge in [0.2, 0.25) is 0 Å². The highest BCUT2D eigenvalue weighted by atomic mass is 35.5. The quantitative estimate of drug-likeness (QED) is 0.805. The second-order valence-electron chi connectivity index (χ2n) is 9.00. The van der Waals surface area contributed by atoms with E-state index in [2.05, 4.69) is 41.2 Å². The van der Waals surface area contributed by atoms with Crippen molar-refractivity contribution in [1.82, 2.24) is 15.1 Å². The Balaban J connectivity index is 1.32. The van der Waals surface area contributed by atoms with Crippen LogP contribution in [0.25, 0.3) is 11.3 Å². The van der Waals surface area contributed by atoms with Gasteiger partial charge in [0, 0.05) is 24.7 Å². The van der Waals surface area contributed by atoms with E-state index in [1.165, 1.54) is 44.3 Å². The van der Waals surface area contributed by atoms with E-state index in [0.29, 0.717) is 39.6 Å². The standard InChI is InChI=1S/C21H26ClFN4/c1-21(2,3)8-9-27-11-15-16(12-27)20(15)24-19-7-6-18(25-26-19)14-10-13(23)4-5-17(14)22/h4-7,10,15-16,20H,8-9,11-12H2,1-3H3,(H,24,26). The molecule has 0 radical (unpaired) electrons. The van der Waals surface area contributed by atoms with Gasteiger partial charge in [-0.25, -0.2) is 4.39 Å². The van der Waals surface area contributed by atoms with Crippen molar-refractivity contribution in [3.05, 3.63) is 41.2 Å². The molecule has 27 heavy (non-hydrogen) atoms. The van der Waals surface area contributed by atoms with Crippen molar-refractivity contribution in [3.63, 3.8) is 0 Å². The molecule has 2 atom stereocenters. The lowest BCUT2D eigenvalue weighted by Crippen LogP contribution is -2.30. The number of anilines is 1. The molecule has 0 spiro atoms. The van der Waals surface area contributed by atoms with E-state index in [-0.39, 0.29) is 5.82 Å². The van der Waals surface area contributed by atoms with Crippen molar-refractivity contribution >= 4 is 17.4 Å². The van der Waals surface area contributed by atoms with Gasteiger partial charge in [0.1, 0.15) is 11.6 Å². The van der Waals surface area contributed by atoms with E-state index in [1.807, 2.05) is 12.1 Å². The van der Waals surface area contributed by atoms with Crippen molar-refractivity contribution < 1.29 is 4.39 Å². The molecule has 0 bridgehead atoms. The smallest absolute Gasteiger partial charge is 0.148 e. The van der Waals surface area contributed by atoms with Gasteiger partial charge < -0.3 is 10.2 Å². The van der Waals surface area contributed by atoms with Crippen LogP contribution in [-0.4, -0.2) is 40.8 Å². The van der Waals surface area contributed by atoms with Crippen LogP contribution in [0.1, 0.15) is 27.2 Å². The Morgan fingerprint density at radius 2 is 1.89 bits per heavy atom. The van der Waals surface area contributed by atoms with E-state index in [4.69, 9.17) is 11.6 Å². The first kappa shape index (κ1) is 18.6. The predicted octanol–water partition coefficient (Wildman–Crippen LogP) is 4.71. The first-order valence-corrected chi connectivity index (χ1v) is 9.96. The van der Waals surface area contributed by atoms with E-state index in [1.54, 1.807) is 0 Å². The average molecular weight is 389 g/mol. The molecule has 2 heterocycles. The first-order chi connectivity index (χ1) is 12.8. The molecule has 0 amide bonds. The lowest BCUT2D eigenvalue weighted by molar-refractivity contribution is 0.245. The number of halogens is 2. The third-order valence-corrected chi connectivity index (χ3v) is 5.96. The third kappa shape index (κ3) is 4.25. The van der Waals surface area contributed by atoms with E-state index in [0.717, 1.165) is 5.82 Å². The first-order valence-electron chi connectivity index (χ1n) is 9.58. The Hall–Kier alpha value is -1.72. The fourth-order valence-electron chi connectivity index (χ4n) is 3.92. The zero-order valence-electron chi connectivity index (χ0n) is 16.0. The molecule has 4 nitrogen and oxygen atoms in total. The molecule has 1 N–H and O–H groups in total. The molecular weight excluding hydrogens is 363 g/mol. The molecule has 1 saturated carbocycles. The van der Waals surface area contributed by atoms with Crippen LogP contribution in [0.2, 0.25) is 5.02 Å². The summed E-state index contributed by atoms with van der Waals surface area (Å²) in [5.74, 6) is 1.86. The molecule has 1 aromatic carbocycles. The monoisotopic (exact) mass is 388 g/mol. The topological polar surface area (TPSA) is 41.0 Å². The predicted molar refractivity (Wildman–Crippen MR) is 107 cm³/mol. The highest BCUT2D eigenvalue weighted by Crippen LogP contribution is 2.47. The summed E-state index contributed by atoms with van der Waals surface area (Å²) < 4.78 is 13.5. The Morgan fingerprint density at radius 1 is 1.15 bits per heavy atom. The second-order valence-corrected chi connectivity index (χ2v) is 9.40. The van der Waals surface area contributed by atoms with Crippen LogP contribution in [0.15, 0.2) is 30.3 Å². The summed E-state index contributed by atoms with van der Waals surface area (Å²) in [6.45, 7) is 10.4. The number of piperidine rings is 1. The maximum absolute atomic E-state index is 13.5. The number of aromatic nitrogens is 2. The summed E-state index contributed by atoms with van der Waals surface area (Å²) in [7, 11) is 0. The third-order valence-electron chi connectivity index (χ3n) is 5.63. The van der Waals surface area contributed by atoms with Crippen LogP contribution in [0.3, 0.4) is 0 Å². The average Bonchev–Trinajstić information content (AvgIpc) is 3.05. The molecule has 144 valence electrons. The van der Waals surface area contributed by atoms with Gasteiger partial charge in [-0.2, -0.15) is 0 Å². The van der Waals surface area contributed by atoms with Crippen LogP contribution >= 0.6 is 11.6 Å². The van der Waals surface area contributed by atoms with Crippen molar-refractivity contribution in [1.29, 1.82) is 0 Å². The van der Waals surface area contributed by atoms with E-state index < -0.39 is 0 Å². The summed E-state index contributed by atoms with van der Waals surface area (Å²) in [5.41, 5.74) is 1.54. The van der Waals surface area contributed by atoms with Crippen molar-refractivity contribution in [3.8, 4) is 11.3 Å². The molecule has 1 aliphatic heterocycles. The van der Waals surface area contributed by atoms with Crippen molar-refractivity contribution in [2.45, 2.75) is 33.2 Å². The maximum atomic E-state index is 13.5. The largest absolute Gasteiger partial charge is 0.365 e. The Bertz CT molecular complexity index is 806. The van der Waals surface area contributed by atoms with Gasteiger partial charge in [-0.3, -0.25) is 0 Å². The molecule has 1 aromatic heterocycles. The zero-order valence-corrected chi connectivity index (χ0v) is 16.8. The van der Waals surface area contributed by atoms with E-state index >= 15 is 0 Å². The minimum atomic E-state index is -0.333. The molecule has 4 rings (SSSR count). The maximum Gasteiger partial charge on any atom is 0.148 e. The minimum Gasteiger partial charge on any atom is -0.365 e. The number of nitrogens with zero attached hydrogens (tertiary/aromatic N) is 3. The van der Waals surface area contributed by atoms with Crippen LogP contribution in [-0.2, 0) is 0 Å². The molecule has 6 heteroatoms. The number of hydrogen-bond donors (Lipinski definition) is 1. The Kier molecular flexibility index (Phi) is 4.85. The summed E-state index contributed by atoms with van der Waals surface area (Å²) >= 11 is 6.14. The lowest BCUT2D eigenvalue weighted by atomic mass is 9.92. The molecular formula is C21H26ClFN4. The van der Waals surface area contributed by atoms with Crippen LogP contribution in [0.5, 0.6) is 0 Å². The SMILES string of the molecule is CC(C)(C)CCN1CC2C(C1)C2Nc1ccc(-c2cc(F)ccc2Cl)nn1. The fraction of sp³-hybridized carbons (Fsp3) is 0.524. The number of fused-ring (bicyclic) bond motifs is 1. The van der Waals surface area contributed by atoms with Gasteiger partial charge in [-0.1, -0.05) is 32.4 Å². The number of benzene rings is 1. The van der Waals surface area contributed by atoms with Crippen molar-refractivity contribution in [2.75, 3.05) is 25.0 Å². The van der Waals surface area contributed by atoms with Gasteiger partial charge in [0.05, 0.1) is 10.7 Å². The van der Waals surface area contributed by atoms with Gasteiger partial charge in [0.15, 0.2) is 0 Å². The number of rotatable bonds is 5. The molecule has 2 unspecified atom stereocenters. The summed E-state index contributed by atoms with van der Waals surface area (Å²) in [6, 6.07) is 8.49. The fourth-order valence-corrected chi connectivity index (χ4v) is 4.14. The Morgan fingerprint density at radius 3 is 2.52 bits per heavy atom. The van der Waals surface area contributed by atoms with Gasteiger partial charge in [0.25, 0.3) is 0 Å². The number of nitrogens with one attached hydrogen (secondary N) is 1. The highest BCUT2D eigenvalue weighted by molar-refractivity contribution is 6.33. The Labute approximate surface area is 165 Å². The second kappa shape index (κ2) is 7.02. The van der Waals surface area contributed by atoms with Crippen molar-refractivity contribution in [2.24, 2.45) is 17.3 Å². The molecule has 1 aliphatic carbocycles. The summed E-state index contributed by atoms with van der Waals surface area (Å²) in [5, 5.41) is 12.5. The van der Waals surface area contributed by atoms with Crippen LogP contribution in [0, 0.1) is 23.1 Å². The highest BCUT2D eigenvalue weighted by Gasteiger charge is 2.55. The molecule has 2 aromatic rings. The van der Waals surface area contributed by atoms with Gasteiger partial charge >= 0.3 is 0 Å². The zero-order chi connectivity index (χ0) is 19.2. The van der Waals surface area contributed by atoms with Crippen LogP contribution < -0.4 is 5.32 Å². The van der Waals surface area contributed by atoms with Gasteiger partial charge in [-0.15, -0.1) is 10.2 Å². The van der Waals surface area contributed by atoms with Crippen LogP contribution in [0.4, 0.5) is 10.2 Å². The lowest BCUT2D eigenvalue weighted by Gasteiger charge is -2.25.